The average Bonchev–Trinajstić information content (AvgIpc) is 3.56. The summed E-state index contributed by atoms with van der Waals surface area (Å²) >= 11 is 0. The zero-order chi connectivity index (χ0) is 26.6. The van der Waals surface area contributed by atoms with Gasteiger partial charge >= 0.3 is 0 Å². The van der Waals surface area contributed by atoms with E-state index in [2.05, 4.69) is 101 Å². The largest absolute Gasteiger partial charge is 0.456 e. The van der Waals surface area contributed by atoms with Gasteiger partial charge in [-0.15, -0.1) is 0 Å². The van der Waals surface area contributed by atoms with E-state index < -0.39 is 0 Å². The van der Waals surface area contributed by atoms with E-state index in [1.54, 1.807) is 0 Å². The lowest BCUT2D eigenvalue weighted by Gasteiger charge is -2.08. The van der Waals surface area contributed by atoms with Gasteiger partial charge in [0.1, 0.15) is 11.2 Å². The summed E-state index contributed by atoms with van der Waals surface area (Å²) in [5, 5.41) is 13.8. The first-order valence-electron chi connectivity index (χ1n) is 13.2. The first-order valence-corrected chi connectivity index (χ1v) is 13.2. The molecule has 0 aliphatic rings. The lowest BCUT2D eigenvalue weighted by Crippen LogP contribution is -1.93. The molecule has 0 fully saturated rings. The fraction of sp³-hybridized carbons (Fsp3) is 0. The summed E-state index contributed by atoms with van der Waals surface area (Å²) in [4.78, 5) is 4.52. The number of aromatic nitrogens is 2. The van der Waals surface area contributed by atoms with Crippen LogP contribution in [0.3, 0.4) is 0 Å². The van der Waals surface area contributed by atoms with Crippen molar-refractivity contribution in [2.45, 2.75) is 0 Å². The van der Waals surface area contributed by atoms with E-state index in [4.69, 9.17) is 9.68 Å². The Bertz CT molecular complexity index is 2230. The highest BCUT2D eigenvalue weighted by molar-refractivity contribution is 6.11. The molecule has 0 spiro atoms. The second-order valence-electron chi connectivity index (χ2n) is 10.0. The van der Waals surface area contributed by atoms with E-state index in [1.807, 2.05) is 42.7 Å². The molecule has 8 aromatic rings. The molecule has 4 heteroatoms. The third-order valence-corrected chi connectivity index (χ3v) is 7.71. The number of furan rings is 1. The number of fused-ring (bicyclic) bond motifs is 6. The number of para-hydroxylation sites is 2. The first kappa shape index (κ1) is 22.3. The summed E-state index contributed by atoms with van der Waals surface area (Å²) in [6.45, 7) is 0. The fourth-order valence-electron chi connectivity index (χ4n) is 5.78. The molecular weight excluding hydrogens is 490 g/mol. The van der Waals surface area contributed by atoms with Gasteiger partial charge in [-0.05, 0) is 71.8 Å². The van der Waals surface area contributed by atoms with Crippen LogP contribution >= 0.6 is 0 Å². The minimum absolute atomic E-state index is 0.644. The Kier molecular flexibility index (Phi) is 4.85. The van der Waals surface area contributed by atoms with Crippen molar-refractivity contribution in [3.8, 4) is 34.0 Å². The number of benzene rings is 5. The number of nitrogens with zero attached hydrogens (tertiary/aromatic N) is 3. The van der Waals surface area contributed by atoms with E-state index in [0.29, 0.717) is 5.56 Å². The van der Waals surface area contributed by atoms with Crippen molar-refractivity contribution in [3.05, 3.63) is 133 Å². The SMILES string of the molecule is N#Cc1ccc(-c2cncc(-c3ccc4oc5ccc(-n6c7ccccc7c7ccccc76)cc5c4c3)c2)cc1. The molecular formula is C36H21N3O. The zero-order valence-electron chi connectivity index (χ0n) is 21.4. The van der Waals surface area contributed by atoms with Crippen molar-refractivity contribution in [1.82, 2.24) is 9.55 Å². The van der Waals surface area contributed by atoms with Gasteiger partial charge in [-0.2, -0.15) is 5.26 Å². The van der Waals surface area contributed by atoms with Crippen LogP contribution in [0.4, 0.5) is 0 Å². The molecule has 0 saturated heterocycles. The van der Waals surface area contributed by atoms with Crippen molar-refractivity contribution >= 4 is 43.7 Å². The third-order valence-electron chi connectivity index (χ3n) is 7.71. The van der Waals surface area contributed by atoms with Crippen LogP contribution in [0.2, 0.25) is 0 Å². The van der Waals surface area contributed by atoms with Crippen molar-refractivity contribution in [3.63, 3.8) is 0 Å². The fourth-order valence-corrected chi connectivity index (χ4v) is 5.78. The van der Waals surface area contributed by atoms with Gasteiger partial charge in [-0.25, -0.2) is 0 Å². The monoisotopic (exact) mass is 511 g/mol. The number of pyridine rings is 1. The van der Waals surface area contributed by atoms with Crippen molar-refractivity contribution in [2.75, 3.05) is 0 Å². The summed E-state index contributed by atoms with van der Waals surface area (Å²) in [7, 11) is 0. The molecule has 3 heterocycles. The normalized spacial score (nSPS) is 11.5. The van der Waals surface area contributed by atoms with Crippen LogP contribution in [0.25, 0.3) is 71.7 Å². The van der Waals surface area contributed by atoms with Crippen molar-refractivity contribution in [1.29, 1.82) is 5.26 Å². The molecule has 0 N–H and O–H groups in total. The van der Waals surface area contributed by atoms with Gasteiger partial charge in [0, 0.05) is 50.8 Å². The molecule has 4 nitrogen and oxygen atoms in total. The Hall–Kier alpha value is -5.66. The van der Waals surface area contributed by atoms with Crippen LogP contribution in [0.5, 0.6) is 0 Å². The smallest absolute Gasteiger partial charge is 0.135 e. The number of rotatable bonds is 3. The molecule has 8 rings (SSSR count). The molecule has 0 atom stereocenters. The predicted molar refractivity (Wildman–Crippen MR) is 161 cm³/mol. The van der Waals surface area contributed by atoms with Crippen LogP contribution < -0.4 is 0 Å². The van der Waals surface area contributed by atoms with E-state index in [-0.39, 0.29) is 0 Å². The second kappa shape index (κ2) is 8.69. The topological polar surface area (TPSA) is 54.8 Å². The summed E-state index contributed by atoms with van der Waals surface area (Å²) in [5.74, 6) is 0. The van der Waals surface area contributed by atoms with Gasteiger partial charge in [0.15, 0.2) is 0 Å². The Balaban J connectivity index is 1.28. The van der Waals surface area contributed by atoms with Gasteiger partial charge in [0.05, 0.1) is 22.7 Å². The highest BCUT2D eigenvalue weighted by Crippen LogP contribution is 2.37. The van der Waals surface area contributed by atoms with Crippen LogP contribution in [-0.4, -0.2) is 9.55 Å². The van der Waals surface area contributed by atoms with Crippen LogP contribution in [0.15, 0.2) is 132 Å². The summed E-state index contributed by atoms with van der Waals surface area (Å²) in [6, 6.07) is 41.8. The van der Waals surface area contributed by atoms with E-state index >= 15 is 0 Å². The summed E-state index contributed by atoms with van der Waals surface area (Å²) in [6.07, 6.45) is 3.74. The van der Waals surface area contributed by atoms with Crippen molar-refractivity contribution in [2.24, 2.45) is 0 Å². The van der Waals surface area contributed by atoms with Crippen molar-refractivity contribution < 1.29 is 4.42 Å². The van der Waals surface area contributed by atoms with Crippen LogP contribution in [-0.2, 0) is 0 Å². The molecule has 0 bridgehead atoms. The maximum Gasteiger partial charge on any atom is 0.135 e. The molecule has 186 valence electrons. The molecule has 0 radical (unpaired) electrons. The second-order valence-corrected chi connectivity index (χ2v) is 10.0. The quantitative estimate of drug-likeness (QED) is 0.237. The molecule has 0 saturated carbocycles. The average molecular weight is 512 g/mol. The third kappa shape index (κ3) is 3.42. The highest BCUT2D eigenvalue weighted by Gasteiger charge is 2.15. The van der Waals surface area contributed by atoms with Gasteiger partial charge < -0.3 is 8.98 Å². The number of nitriles is 1. The maximum absolute atomic E-state index is 9.13. The lowest BCUT2D eigenvalue weighted by atomic mass is 10.00. The molecule has 5 aromatic carbocycles. The van der Waals surface area contributed by atoms with Crippen LogP contribution in [0, 0.1) is 11.3 Å². The van der Waals surface area contributed by atoms with E-state index in [1.165, 1.54) is 21.8 Å². The Morgan fingerprint density at radius 1 is 0.550 bits per heavy atom. The first-order chi connectivity index (χ1) is 19.8. The van der Waals surface area contributed by atoms with Gasteiger partial charge in [0.2, 0.25) is 0 Å². The van der Waals surface area contributed by atoms with Gasteiger partial charge in [-0.3, -0.25) is 4.98 Å². The molecule has 0 aliphatic heterocycles. The molecule has 0 aliphatic carbocycles. The summed E-state index contributed by atoms with van der Waals surface area (Å²) < 4.78 is 8.59. The summed E-state index contributed by atoms with van der Waals surface area (Å²) in [5.41, 5.74) is 9.96. The zero-order valence-corrected chi connectivity index (χ0v) is 21.4. The Labute approximate surface area is 230 Å². The Morgan fingerprint density at radius 3 is 1.85 bits per heavy atom. The highest BCUT2D eigenvalue weighted by atomic mass is 16.3. The molecule has 0 amide bonds. The van der Waals surface area contributed by atoms with E-state index in [9.17, 15) is 0 Å². The predicted octanol–water partition coefficient (Wildman–Crippen LogP) is 9.28. The minimum Gasteiger partial charge on any atom is -0.456 e. The molecule has 0 unspecified atom stereocenters. The lowest BCUT2D eigenvalue weighted by molar-refractivity contribution is 0.669. The maximum atomic E-state index is 9.13. The standard InChI is InChI=1S/C36H21N3O/c37-20-23-9-11-24(12-10-23)26-17-27(22-38-21-26)25-13-15-35-31(18-25)32-19-28(14-16-36(32)40-35)39-33-7-3-1-5-29(33)30-6-2-4-8-34(30)39/h1-19,21-22H. The van der Waals surface area contributed by atoms with Crippen LogP contribution in [0.1, 0.15) is 5.56 Å². The van der Waals surface area contributed by atoms with Gasteiger partial charge in [0.25, 0.3) is 0 Å². The molecule has 40 heavy (non-hydrogen) atoms. The minimum atomic E-state index is 0.644. The molecule has 3 aromatic heterocycles. The number of hydrogen-bond donors (Lipinski definition) is 0. The van der Waals surface area contributed by atoms with Gasteiger partial charge in [-0.1, -0.05) is 54.6 Å². The van der Waals surface area contributed by atoms with E-state index in [0.717, 1.165) is 49.9 Å². The Morgan fingerprint density at radius 2 is 1.15 bits per heavy atom. The number of hydrogen-bond acceptors (Lipinski definition) is 3.